The molecule has 0 aromatic heterocycles. The molecule has 1 aliphatic rings. The maximum Gasteiger partial charge on any atom is 0.337 e. The minimum Gasteiger partial charge on any atom is -0.504 e. The SMILES string of the molecule is CNC(=O)c1cc2c(c(C(=O)O)c1)Nc1ccc(Cc3ccc(O)c(O)c3)cc1O2. The second-order valence-electron chi connectivity index (χ2n) is 6.84. The van der Waals surface area contributed by atoms with Crippen LogP contribution in [0.1, 0.15) is 31.8 Å². The van der Waals surface area contributed by atoms with E-state index in [2.05, 4.69) is 10.6 Å². The van der Waals surface area contributed by atoms with Gasteiger partial charge in [-0.2, -0.15) is 0 Å². The molecule has 0 aliphatic carbocycles. The van der Waals surface area contributed by atoms with Crippen molar-refractivity contribution in [2.24, 2.45) is 0 Å². The topological polar surface area (TPSA) is 128 Å². The lowest BCUT2D eigenvalue weighted by Gasteiger charge is -2.24. The van der Waals surface area contributed by atoms with Crippen molar-refractivity contribution in [3.8, 4) is 23.0 Å². The number of hydrogen-bond donors (Lipinski definition) is 5. The minimum atomic E-state index is -1.18. The number of carbonyl (C=O) groups excluding carboxylic acids is 1. The van der Waals surface area contributed by atoms with Crippen molar-refractivity contribution >= 4 is 23.3 Å². The molecule has 1 aliphatic heterocycles. The summed E-state index contributed by atoms with van der Waals surface area (Å²) in [5, 5.41) is 34.2. The second kappa shape index (κ2) is 7.32. The van der Waals surface area contributed by atoms with Crippen molar-refractivity contribution in [3.05, 3.63) is 70.8 Å². The van der Waals surface area contributed by atoms with E-state index in [0.29, 0.717) is 17.9 Å². The summed E-state index contributed by atoms with van der Waals surface area (Å²) in [7, 11) is 1.46. The first-order chi connectivity index (χ1) is 14.4. The third kappa shape index (κ3) is 3.46. The summed E-state index contributed by atoms with van der Waals surface area (Å²) in [5.74, 6) is -1.26. The van der Waals surface area contributed by atoms with Crippen molar-refractivity contribution in [3.63, 3.8) is 0 Å². The Hall–Kier alpha value is -4.20. The number of carboxylic acids is 1. The summed E-state index contributed by atoms with van der Waals surface area (Å²) in [4.78, 5) is 23.7. The van der Waals surface area contributed by atoms with Crippen LogP contribution >= 0.6 is 0 Å². The second-order valence-corrected chi connectivity index (χ2v) is 6.84. The molecule has 0 unspecified atom stereocenters. The van der Waals surface area contributed by atoms with Crippen LogP contribution in [0, 0.1) is 0 Å². The molecule has 0 saturated heterocycles. The molecule has 0 saturated carbocycles. The van der Waals surface area contributed by atoms with Crippen molar-refractivity contribution < 1.29 is 29.6 Å². The first-order valence-corrected chi connectivity index (χ1v) is 9.08. The number of fused-ring (bicyclic) bond motifs is 2. The number of benzene rings is 3. The maximum absolute atomic E-state index is 12.0. The lowest BCUT2D eigenvalue weighted by atomic mass is 10.0. The summed E-state index contributed by atoms with van der Waals surface area (Å²) < 4.78 is 5.93. The Bertz CT molecular complexity index is 1190. The van der Waals surface area contributed by atoms with Crippen LogP contribution in [0.5, 0.6) is 23.0 Å². The number of hydrogen-bond acceptors (Lipinski definition) is 6. The van der Waals surface area contributed by atoms with Gasteiger partial charge < -0.3 is 30.7 Å². The van der Waals surface area contributed by atoms with Gasteiger partial charge in [-0.15, -0.1) is 0 Å². The predicted octanol–water partition coefficient (Wildman–Crippen LogP) is 3.60. The summed E-state index contributed by atoms with van der Waals surface area (Å²) in [5.41, 5.74) is 2.65. The summed E-state index contributed by atoms with van der Waals surface area (Å²) >= 11 is 0. The van der Waals surface area contributed by atoms with E-state index in [1.165, 1.54) is 31.3 Å². The number of aromatic carboxylic acids is 1. The highest BCUT2D eigenvalue weighted by molar-refractivity contribution is 6.03. The minimum absolute atomic E-state index is 0.0691. The van der Waals surface area contributed by atoms with Crippen LogP contribution in [0.3, 0.4) is 0 Å². The molecule has 30 heavy (non-hydrogen) atoms. The van der Waals surface area contributed by atoms with E-state index in [9.17, 15) is 24.9 Å². The van der Waals surface area contributed by atoms with Crippen LogP contribution in [-0.4, -0.2) is 34.2 Å². The van der Waals surface area contributed by atoms with Crippen LogP contribution in [-0.2, 0) is 6.42 Å². The van der Waals surface area contributed by atoms with Gasteiger partial charge in [-0.25, -0.2) is 4.79 Å². The number of carboxylic acid groups (broad SMARTS) is 1. The van der Waals surface area contributed by atoms with Gasteiger partial charge in [0.05, 0.1) is 16.9 Å². The van der Waals surface area contributed by atoms with Gasteiger partial charge in [0.15, 0.2) is 23.0 Å². The first kappa shape index (κ1) is 19.1. The highest BCUT2D eigenvalue weighted by Gasteiger charge is 2.25. The van der Waals surface area contributed by atoms with Gasteiger partial charge in [0.1, 0.15) is 0 Å². The third-order valence-corrected chi connectivity index (χ3v) is 4.80. The molecule has 0 bridgehead atoms. The van der Waals surface area contributed by atoms with E-state index in [1.54, 1.807) is 18.2 Å². The average Bonchev–Trinajstić information content (AvgIpc) is 2.73. The van der Waals surface area contributed by atoms with E-state index < -0.39 is 11.9 Å². The monoisotopic (exact) mass is 406 g/mol. The Morgan fingerprint density at radius 1 is 0.967 bits per heavy atom. The number of phenolic OH excluding ortho intramolecular Hbond substituents is 2. The number of phenols is 2. The first-order valence-electron chi connectivity index (χ1n) is 9.08. The molecule has 8 nitrogen and oxygen atoms in total. The molecule has 1 heterocycles. The van der Waals surface area contributed by atoms with Gasteiger partial charge >= 0.3 is 5.97 Å². The molecule has 8 heteroatoms. The zero-order chi connectivity index (χ0) is 21.4. The molecule has 0 spiro atoms. The molecular weight excluding hydrogens is 388 g/mol. The number of carbonyl (C=O) groups is 2. The average molecular weight is 406 g/mol. The Balaban J connectivity index is 1.68. The van der Waals surface area contributed by atoms with Crippen molar-refractivity contribution in [2.75, 3.05) is 12.4 Å². The quantitative estimate of drug-likeness (QED) is 0.328. The summed E-state index contributed by atoms with van der Waals surface area (Å²) in [6.07, 6.45) is 0.482. The highest BCUT2D eigenvalue weighted by Crippen LogP contribution is 2.45. The maximum atomic E-state index is 12.0. The molecule has 0 fully saturated rings. The fraction of sp³-hybridized carbons (Fsp3) is 0.0909. The summed E-state index contributed by atoms with van der Waals surface area (Å²) in [6, 6.07) is 12.8. The van der Waals surface area contributed by atoms with Crippen molar-refractivity contribution in [2.45, 2.75) is 6.42 Å². The van der Waals surface area contributed by atoms with Crippen LogP contribution in [0.2, 0.25) is 0 Å². The predicted molar refractivity (Wildman–Crippen MR) is 109 cm³/mol. The number of anilines is 2. The van der Waals surface area contributed by atoms with Gasteiger partial charge in [-0.3, -0.25) is 4.79 Å². The standard InChI is InChI=1S/C22H18N2O6/c1-23-21(27)13-9-14(22(28)29)20-19(10-13)30-18-8-12(2-4-15(18)24-20)6-11-3-5-16(25)17(26)7-11/h2-5,7-10,24-26H,6H2,1H3,(H,23,27)(H,28,29). The van der Waals surface area contributed by atoms with Gasteiger partial charge in [0.2, 0.25) is 0 Å². The van der Waals surface area contributed by atoms with E-state index >= 15 is 0 Å². The van der Waals surface area contributed by atoms with E-state index in [1.807, 2.05) is 6.07 Å². The normalized spacial score (nSPS) is 11.5. The Morgan fingerprint density at radius 3 is 2.40 bits per heavy atom. The molecule has 5 N–H and O–H groups in total. The molecule has 0 atom stereocenters. The van der Waals surface area contributed by atoms with Crippen molar-refractivity contribution in [1.29, 1.82) is 0 Å². The van der Waals surface area contributed by atoms with Gasteiger partial charge in [-0.05, 0) is 53.9 Å². The highest BCUT2D eigenvalue weighted by atomic mass is 16.5. The molecule has 1 amide bonds. The van der Waals surface area contributed by atoms with Gasteiger partial charge in [0.25, 0.3) is 5.91 Å². The van der Waals surface area contributed by atoms with E-state index in [-0.39, 0.29) is 34.1 Å². The lowest BCUT2D eigenvalue weighted by molar-refractivity contribution is 0.0697. The van der Waals surface area contributed by atoms with Crippen LogP contribution in [0.4, 0.5) is 11.4 Å². The van der Waals surface area contributed by atoms with Crippen LogP contribution < -0.4 is 15.4 Å². The van der Waals surface area contributed by atoms with Gasteiger partial charge in [-0.1, -0.05) is 12.1 Å². The fourth-order valence-corrected chi connectivity index (χ4v) is 3.30. The van der Waals surface area contributed by atoms with Crippen LogP contribution in [0.15, 0.2) is 48.5 Å². The number of nitrogens with one attached hydrogen (secondary N) is 2. The van der Waals surface area contributed by atoms with Crippen LogP contribution in [0.25, 0.3) is 0 Å². The Morgan fingerprint density at radius 2 is 1.70 bits per heavy atom. The molecule has 3 aromatic rings. The number of amides is 1. The number of ether oxygens (including phenoxy) is 1. The fourth-order valence-electron chi connectivity index (χ4n) is 3.30. The molecule has 0 radical (unpaired) electrons. The molecule has 152 valence electrons. The summed E-state index contributed by atoms with van der Waals surface area (Å²) in [6.45, 7) is 0. The smallest absolute Gasteiger partial charge is 0.337 e. The molecule has 4 rings (SSSR count). The number of aromatic hydroxyl groups is 2. The lowest BCUT2D eigenvalue weighted by Crippen LogP contribution is -2.19. The molecular formula is C22H18N2O6. The Kier molecular flexibility index (Phi) is 4.67. The third-order valence-electron chi connectivity index (χ3n) is 4.80. The molecule has 3 aromatic carbocycles. The number of rotatable bonds is 4. The zero-order valence-electron chi connectivity index (χ0n) is 15.9. The van der Waals surface area contributed by atoms with Gasteiger partial charge in [0, 0.05) is 12.6 Å². The van der Waals surface area contributed by atoms with E-state index in [4.69, 9.17) is 4.74 Å². The van der Waals surface area contributed by atoms with Crippen molar-refractivity contribution in [1.82, 2.24) is 5.32 Å². The zero-order valence-corrected chi connectivity index (χ0v) is 15.9. The Labute approximate surface area is 171 Å². The largest absolute Gasteiger partial charge is 0.504 e. The van der Waals surface area contributed by atoms with E-state index in [0.717, 1.165) is 11.1 Å².